The summed E-state index contributed by atoms with van der Waals surface area (Å²) >= 11 is 4.92. The summed E-state index contributed by atoms with van der Waals surface area (Å²) in [5.41, 5.74) is 0.454. The minimum Gasteiger partial charge on any atom is -0.206 e. The van der Waals surface area contributed by atoms with E-state index in [9.17, 15) is 4.39 Å². The van der Waals surface area contributed by atoms with Gasteiger partial charge in [0, 0.05) is 4.47 Å². The summed E-state index contributed by atoms with van der Waals surface area (Å²) in [4.78, 5) is 0. The van der Waals surface area contributed by atoms with Crippen LogP contribution in [-0.2, 0) is 0 Å². The van der Waals surface area contributed by atoms with Crippen molar-refractivity contribution in [3.05, 3.63) is 31.6 Å². The Labute approximate surface area is 85.5 Å². The molecule has 0 aliphatic rings. The van der Waals surface area contributed by atoms with Gasteiger partial charge in [-0.15, -0.1) is 0 Å². The molecule has 0 aromatic heterocycles. The van der Waals surface area contributed by atoms with E-state index in [0.717, 1.165) is 0 Å². The zero-order chi connectivity index (χ0) is 8.43. The van der Waals surface area contributed by atoms with Crippen molar-refractivity contribution in [1.29, 1.82) is 5.26 Å². The first-order chi connectivity index (χ1) is 5.15. The van der Waals surface area contributed by atoms with Crippen LogP contribution in [0.3, 0.4) is 0 Å². The van der Waals surface area contributed by atoms with Gasteiger partial charge in [0.25, 0.3) is 0 Å². The van der Waals surface area contributed by atoms with Gasteiger partial charge in [0.2, 0.25) is 0 Å². The SMILES string of the molecule is N#Cc1cc(I)c(F)cc1Br. The highest BCUT2D eigenvalue weighted by Crippen LogP contribution is 2.21. The lowest BCUT2D eigenvalue weighted by Gasteiger charge is -1.96. The Hall–Kier alpha value is -0.150. The van der Waals surface area contributed by atoms with Crippen molar-refractivity contribution in [2.75, 3.05) is 0 Å². The second-order valence-electron chi connectivity index (χ2n) is 1.86. The molecule has 0 N–H and O–H groups in total. The van der Waals surface area contributed by atoms with Crippen molar-refractivity contribution in [3.63, 3.8) is 0 Å². The minimum atomic E-state index is -0.309. The smallest absolute Gasteiger partial charge is 0.137 e. The lowest BCUT2D eigenvalue weighted by Crippen LogP contribution is -1.85. The summed E-state index contributed by atoms with van der Waals surface area (Å²) in [6.07, 6.45) is 0. The summed E-state index contributed by atoms with van der Waals surface area (Å²) in [7, 11) is 0. The summed E-state index contributed by atoms with van der Waals surface area (Å²) in [5, 5.41) is 8.53. The molecule has 1 aromatic carbocycles. The molecule has 4 heteroatoms. The Morgan fingerprint density at radius 1 is 1.55 bits per heavy atom. The number of nitrogens with zero attached hydrogens (tertiary/aromatic N) is 1. The van der Waals surface area contributed by atoms with E-state index in [-0.39, 0.29) is 5.82 Å². The molecule has 0 radical (unpaired) electrons. The maximum atomic E-state index is 12.7. The average Bonchev–Trinajstić information content (AvgIpc) is 1.97. The third-order valence-electron chi connectivity index (χ3n) is 1.13. The Morgan fingerprint density at radius 2 is 2.18 bits per heavy atom. The molecule has 0 spiro atoms. The zero-order valence-electron chi connectivity index (χ0n) is 5.24. The van der Waals surface area contributed by atoms with Crippen molar-refractivity contribution in [2.24, 2.45) is 0 Å². The van der Waals surface area contributed by atoms with E-state index >= 15 is 0 Å². The number of halogens is 3. The number of rotatable bonds is 0. The molecular weight excluding hydrogens is 324 g/mol. The molecule has 0 saturated heterocycles. The van der Waals surface area contributed by atoms with Gasteiger partial charge in [0.15, 0.2) is 0 Å². The third kappa shape index (κ3) is 1.91. The van der Waals surface area contributed by atoms with E-state index in [1.807, 2.05) is 28.7 Å². The lowest BCUT2D eigenvalue weighted by molar-refractivity contribution is 0.619. The maximum Gasteiger partial charge on any atom is 0.137 e. The van der Waals surface area contributed by atoms with Crippen molar-refractivity contribution < 1.29 is 4.39 Å². The molecule has 56 valence electrons. The molecule has 0 heterocycles. The largest absolute Gasteiger partial charge is 0.206 e. The first kappa shape index (κ1) is 8.94. The van der Waals surface area contributed by atoms with Crippen LogP contribution in [0.4, 0.5) is 4.39 Å². The predicted molar refractivity (Wildman–Crippen MR) is 51.5 cm³/mol. The van der Waals surface area contributed by atoms with E-state index in [4.69, 9.17) is 5.26 Å². The molecule has 0 atom stereocenters. The second-order valence-corrected chi connectivity index (χ2v) is 3.87. The van der Waals surface area contributed by atoms with Crippen LogP contribution in [0.15, 0.2) is 16.6 Å². The van der Waals surface area contributed by atoms with Crippen LogP contribution in [0.25, 0.3) is 0 Å². The van der Waals surface area contributed by atoms with Gasteiger partial charge in [-0.2, -0.15) is 5.26 Å². The Kier molecular flexibility index (Phi) is 2.84. The highest BCUT2D eigenvalue weighted by molar-refractivity contribution is 14.1. The third-order valence-corrected chi connectivity index (χ3v) is 2.61. The van der Waals surface area contributed by atoms with Gasteiger partial charge in [0.1, 0.15) is 11.9 Å². The monoisotopic (exact) mass is 325 g/mol. The average molecular weight is 326 g/mol. The van der Waals surface area contributed by atoms with Crippen LogP contribution in [0.2, 0.25) is 0 Å². The fraction of sp³-hybridized carbons (Fsp3) is 0. The van der Waals surface area contributed by atoms with Gasteiger partial charge in [-0.3, -0.25) is 0 Å². The molecule has 0 unspecified atom stereocenters. The Bertz CT molecular complexity index is 332. The van der Waals surface area contributed by atoms with E-state index in [1.165, 1.54) is 12.1 Å². The number of benzene rings is 1. The van der Waals surface area contributed by atoms with Crippen LogP contribution in [0, 0.1) is 20.7 Å². The molecule has 0 fully saturated rings. The van der Waals surface area contributed by atoms with Crippen LogP contribution in [0.5, 0.6) is 0 Å². The fourth-order valence-corrected chi connectivity index (χ4v) is 1.48. The molecule has 0 aliphatic heterocycles. The molecule has 0 bridgehead atoms. The second kappa shape index (κ2) is 3.50. The number of nitriles is 1. The summed E-state index contributed by atoms with van der Waals surface area (Å²) < 4.78 is 13.7. The summed E-state index contributed by atoms with van der Waals surface area (Å²) in [5.74, 6) is -0.309. The van der Waals surface area contributed by atoms with Gasteiger partial charge < -0.3 is 0 Å². The van der Waals surface area contributed by atoms with E-state index in [2.05, 4.69) is 15.9 Å². The van der Waals surface area contributed by atoms with Gasteiger partial charge in [0.05, 0.1) is 9.13 Å². The summed E-state index contributed by atoms with van der Waals surface area (Å²) in [6, 6.07) is 4.74. The van der Waals surface area contributed by atoms with Crippen LogP contribution >= 0.6 is 38.5 Å². The molecule has 0 aliphatic carbocycles. The number of hydrogen-bond donors (Lipinski definition) is 0. The van der Waals surface area contributed by atoms with Gasteiger partial charge >= 0.3 is 0 Å². The zero-order valence-corrected chi connectivity index (χ0v) is 8.98. The normalized spacial score (nSPS) is 9.27. The standard InChI is InChI=1S/C7H2BrFIN/c8-5-2-6(9)7(10)1-4(5)3-11/h1-2H. The van der Waals surface area contributed by atoms with E-state index in [0.29, 0.717) is 13.6 Å². The van der Waals surface area contributed by atoms with Crippen molar-refractivity contribution >= 4 is 38.5 Å². The molecular formula is C7H2BrFIN. The molecule has 0 amide bonds. The molecule has 1 rings (SSSR count). The molecule has 1 aromatic rings. The molecule has 11 heavy (non-hydrogen) atoms. The first-order valence-electron chi connectivity index (χ1n) is 2.70. The van der Waals surface area contributed by atoms with Gasteiger partial charge in [-0.05, 0) is 50.7 Å². The maximum absolute atomic E-state index is 12.7. The highest BCUT2D eigenvalue weighted by atomic mass is 127. The van der Waals surface area contributed by atoms with Crippen LogP contribution in [-0.4, -0.2) is 0 Å². The Balaban J connectivity index is 3.35. The quantitative estimate of drug-likeness (QED) is 0.531. The predicted octanol–water partition coefficient (Wildman–Crippen LogP) is 3.06. The van der Waals surface area contributed by atoms with Gasteiger partial charge in [-0.25, -0.2) is 4.39 Å². The highest BCUT2D eigenvalue weighted by Gasteiger charge is 2.04. The van der Waals surface area contributed by atoms with E-state index in [1.54, 1.807) is 0 Å². The topological polar surface area (TPSA) is 23.8 Å². The van der Waals surface area contributed by atoms with Crippen molar-refractivity contribution in [3.8, 4) is 6.07 Å². The Morgan fingerprint density at radius 3 is 2.73 bits per heavy atom. The van der Waals surface area contributed by atoms with E-state index < -0.39 is 0 Å². The molecule has 1 nitrogen and oxygen atoms in total. The fourth-order valence-electron chi connectivity index (χ4n) is 0.608. The van der Waals surface area contributed by atoms with Gasteiger partial charge in [-0.1, -0.05) is 0 Å². The van der Waals surface area contributed by atoms with Crippen molar-refractivity contribution in [1.82, 2.24) is 0 Å². The minimum absolute atomic E-state index is 0.309. The molecule has 0 saturated carbocycles. The van der Waals surface area contributed by atoms with Crippen LogP contribution in [0.1, 0.15) is 5.56 Å². The van der Waals surface area contributed by atoms with Crippen molar-refractivity contribution in [2.45, 2.75) is 0 Å². The first-order valence-corrected chi connectivity index (χ1v) is 4.57. The number of hydrogen-bond acceptors (Lipinski definition) is 1. The lowest BCUT2D eigenvalue weighted by atomic mass is 10.2. The summed E-state index contributed by atoms with van der Waals surface area (Å²) in [6.45, 7) is 0. The van der Waals surface area contributed by atoms with Crippen LogP contribution < -0.4 is 0 Å².